The lowest BCUT2D eigenvalue weighted by Crippen LogP contribution is -2.13. The summed E-state index contributed by atoms with van der Waals surface area (Å²) in [6.07, 6.45) is 1.22. The summed E-state index contributed by atoms with van der Waals surface area (Å²) in [5.74, 6) is -1.51. The number of nitrogens with zero attached hydrogens (tertiary/aromatic N) is 2. The normalized spacial score (nSPS) is 10.1. The Labute approximate surface area is 89.1 Å². The van der Waals surface area contributed by atoms with E-state index in [0.717, 1.165) is 12.1 Å². The predicted molar refractivity (Wildman–Crippen MR) is 52.4 cm³/mol. The van der Waals surface area contributed by atoms with Crippen LogP contribution in [-0.4, -0.2) is 26.2 Å². The van der Waals surface area contributed by atoms with Crippen molar-refractivity contribution in [1.82, 2.24) is 15.2 Å². The van der Waals surface area contributed by atoms with E-state index in [9.17, 15) is 14.3 Å². The lowest BCUT2D eigenvalue weighted by molar-refractivity contribution is 0.102. The van der Waals surface area contributed by atoms with Crippen LogP contribution in [0, 0.1) is 5.82 Å². The quantitative estimate of drug-likeness (QED) is 0.704. The maximum absolute atomic E-state index is 12.7. The van der Waals surface area contributed by atoms with Crippen molar-refractivity contribution in [1.29, 1.82) is 0 Å². The predicted octanol–water partition coefficient (Wildman–Crippen LogP) is 0.902. The van der Waals surface area contributed by atoms with Gasteiger partial charge >= 0.3 is 0 Å². The summed E-state index contributed by atoms with van der Waals surface area (Å²) in [7, 11) is 0. The first-order valence-corrected chi connectivity index (χ1v) is 4.32. The fourth-order valence-electron chi connectivity index (χ4n) is 1.14. The van der Waals surface area contributed by atoms with Crippen molar-refractivity contribution < 1.29 is 14.3 Å². The zero-order valence-corrected chi connectivity index (χ0v) is 7.94. The molecule has 0 saturated heterocycles. The standard InChI is InChI=1S/C9H7FN4O2/c10-5-1-2-6(7(15)3-5)8(16)13-9-11-4-12-14-9/h1-4,15H,(H2,11,12,13,14,16). The molecule has 0 radical (unpaired) electrons. The largest absolute Gasteiger partial charge is 0.507 e. The van der Waals surface area contributed by atoms with Gasteiger partial charge in [-0.25, -0.2) is 9.49 Å². The number of aromatic hydroxyl groups is 1. The number of carbonyl (C=O) groups excluding carboxylic acids is 1. The highest BCUT2D eigenvalue weighted by molar-refractivity contribution is 6.05. The molecule has 0 aliphatic heterocycles. The van der Waals surface area contributed by atoms with E-state index in [1.807, 2.05) is 0 Å². The maximum Gasteiger partial charge on any atom is 0.261 e. The Morgan fingerprint density at radius 3 is 2.94 bits per heavy atom. The lowest BCUT2D eigenvalue weighted by Gasteiger charge is -2.03. The van der Waals surface area contributed by atoms with E-state index >= 15 is 0 Å². The number of hydrogen-bond donors (Lipinski definition) is 3. The molecular formula is C9H7FN4O2. The van der Waals surface area contributed by atoms with E-state index in [-0.39, 0.29) is 11.5 Å². The second-order valence-electron chi connectivity index (χ2n) is 2.95. The minimum Gasteiger partial charge on any atom is -0.507 e. The van der Waals surface area contributed by atoms with Crippen LogP contribution in [0.25, 0.3) is 0 Å². The highest BCUT2D eigenvalue weighted by Gasteiger charge is 2.12. The Bertz CT molecular complexity index is 512. The monoisotopic (exact) mass is 222 g/mol. The zero-order valence-electron chi connectivity index (χ0n) is 7.94. The number of benzene rings is 1. The molecule has 0 atom stereocenters. The first-order chi connectivity index (χ1) is 7.66. The summed E-state index contributed by atoms with van der Waals surface area (Å²) in [6.45, 7) is 0. The summed E-state index contributed by atoms with van der Waals surface area (Å²) < 4.78 is 12.7. The fraction of sp³-hybridized carbons (Fsp3) is 0. The molecule has 0 aliphatic carbocycles. The highest BCUT2D eigenvalue weighted by atomic mass is 19.1. The Morgan fingerprint density at radius 2 is 2.31 bits per heavy atom. The number of phenols is 1. The van der Waals surface area contributed by atoms with Crippen LogP contribution in [-0.2, 0) is 0 Å². The molecule has 1 amide bonds. The van der Waals surface area contributed by atoms with Crippen molar-refractivity contribution >= 4 is 11.9 Å². The number of rotatable bonds is 2. The number of halogens is 1. The third-order valence-electron chi connectivity index (χ3n) is 1.85. The third kappa shape index (κ3) is 1.97. The fourth-order valence-corrected chi connectivity index (χ4v) is 1.14. The van der Waals surface area contributed by atoms with E-state index < -0.39 is 17.5 Å². The van der Waals surface area contributed by atoms with Gasteiger partial charge < -0.3 is 5.11 Å². The molecule has 6 nitrogen and oxygen atoms in total. The average molecular weight is 222 g/mol. The van der Waals surface area contributed by atoms with Gasteiger partial charge in [0.2, 0.25) is 5.95 Å². The van der Waals surface area contributed by atoms with Crippen LogP contribution in [0.5, 0.6) is 5.75 Å². The van der Waals surface area contributed by atoms with Crippen molar-refractivity contribution in [2.24, 2.45) is 0 Å². The number of hydrogen-bond acceptors (Lipinski definition) is 4. The van der Waals surface area contributed by atoms with Gasteiger partial charge in [-0.05, 0) is 12.1 Å². The summed E-state index contributed by atoms with van der Waals surface area (Å²) in [4.78, 5) is 15.2. The molecule has 0 unspecified atom stereocenters. The molecule has 3 N–H and O–H groups in total. The lowest BCUT2D eigenvalue weighted by atomic mass is 10.2. The van der Waals surface area contributed by atoms with E-state index in [1.165, 1.54) is 12.4 Å². The second-order valence-corrected chi connectivity index (χ2v) is 2.95. The van der Waals surface area contributed by atoms with Gasteiger partial charge in [0.1, 0.15) is 17.9 Å². The van der Waals surface area contributed by atoms with Crippen LogP contribution in [0.15, 0.2) is 24.5 Å². The molecule has 0 saturated carbocycles. The van der Waals surface area contributed by atoms with Crippen LogP contribution >= 0.6 is 0 Å². The molecule has 1 aromatic carbocycles. The van der Waals surface area contributed by atoms with Crippen molar-refractivity contribution in [2.45, 2.75) is 0 Å². The molecule has 0 bridgehead atoms. The van der Waals surface area contributed by atoms with Gasteiger partial charge in [-0.2, -0.15) is 10.1 Å². The number of aromatic nitrogens is 3. The molecule has 2 rings (SSSR count). The van der Waals surface area contributed by atoms with Crippen molar-refractivity contribution in [3.05, 3.63) is 35.9 Å². The average Bonchev–Trinajstić information content (AvgIpc) is 2.70. The molecule has 2 aromatic rings. The molecule has 0 aliphatic rings. The molecule has 1 heterocycles. The van der Waals surface area contributed by atoms with Crippen LogP contribution in [0.4, 0.5) is 10.3 Å². The minimum absolute atomic E-state index is 0.0437. The zero-order chi connectivity index (χ0) is 11.5. The molecular weight excluding hydrogens is 215 g/mol. The Kier molecular flexibility index (Phi) is 2.50. The van der Waals surface area contributed by atoms with Gasteiger partial charge in [-0.1, -0.05) is 0 Å². The van der Waals surface area contributed by atoms with Crippen LogP contribution in [0.3, 0.4) is 0 Å². The third-order valence-corrected chi connectivity index (χ3v) is 1.85. The van der Waals surface area contributed by atoms with Gasteiger partial charge in [-0.15, -0.1) is 0 Å². The number of phenolic OH excluding ortho intramolecular Hbond substituents is 1. The summed E-state index contributed by atoms with van der Waals surface area (Å²) in [5.41, 5.74) is -0.0437. The summed E-state index contributed by atoms with van der Waals surface area (Å²) in [5, 5.41) is 17.6. The minimum atomic E-state index is -0.617. The van der Waals surface area contributed by atoms with Gasteiger partial charge in [-0.3, -0.25) is 10.1 Å². The number of amides is 1. The Morgan fingerprint density at radius 1 is 1.50 bits per heavy atom. The number of anilines is 1. The molecule has 0 spiro atoms. The summed E-state index contributed by atoms with van der Waals surface area (Å²) >= 11 is 0. The number of aromatic amines is 1. The second kappa shape index (κ2) is 3.97. The molecule has 1 aromatic heterocycles. The van der Waals surface area contributed by atoms with Crippen LogP contribution in [0.1, 0.15) is 10.4 Å². The molecule has 82 valence electrons. The van der Waals surface area contributed by atoms with Gasteiger partial charge in [0.25, 0.3) is 5.91 Å². The van der Waals surface area contributed by atoms with Crippen LogP contribution in [0.2, 0.25) is 0 Å². The Balaban J connectivity index is 2.21. The van der Waals surface area contributed by atoms with E-state index in [2.05, 4.69) is 20.5 Å². The first-order valence-electron chi connectivity index (χ1n) is 4.32. The van der Waals surface area contributed by atoms with Crippen molar-refractivity contribution in [3.8, 4) is 5.75 Å². The molecule has 7 heteroatoms. The number of nitrogens with one attached hydrogen (secondary N) is 2. The topological polar surface area (TPSA) is 90.9 Å². The van der Waals surface area contributed by atoms with E-state index in [0.29, 0.717) is 0 Å². The van der Waals surface area contributed by atoms with Gasteiger partial charge in [0, 0.05) is 6.07 Å². The van der Waals surface area contributed by atoms with Crippen LogP contribution < -0.4 is 5.32 Å². The smallest absolute Gasteiger partial charge is 0.261 e. The van der Waals surface area contributed by atoms with E-state index in [4.69, 9.17) is 0 Å². The van der Waals surface area contributed by atoms with Gasteiger partial charge in [0.05, 0.1) is 5.56 Å². The van der Waals surface area contributed by atoms with Crippen molar-refractivity contribution in [3.63, 3.8) is 0 Å². The SMILES string of the molecule is O=C(Nc1ncn[nH]1)c1ccc(F)cc1O. The van der Waals surface area contributed by atoms with Gasteiger partial charge in [0.15, 0.2) is 0 Å². The maximum atomic E-state index is 12.7. The Hall–Kier alpha value is -2.44. The highest BCUT2D eigenvalue weighted by Crippen LogP contribution is 2.18. The van der Waals surface area contributed by atoms with Crippen molar-refractivity contribution in [2.75, 3.05) is 5.32 Å². The number of H-pyrrole nitrogens is 1. The number of carbonyl (C=O) groups is 1. The molecule has 0 fully saturated rings. The first kappa shape index (κ1) is 10.1. The molecule has 16 heavy (non-hydrogen) atoms. The summed E-state index contributed by atoms with van der Waals surface area (Å²) in [6, 6.07) is 3.11. The van der Waals surface area contributed by atoms with E-state index in [1.54, 1.807) is 0 Å².